The van der Waals surface area contributed by atoms with E-state index in [9.17, 15) is 0 Å². The predicted octanol–water partition coefficient (Wildman–Crippen LogP) is 16.0. The summed E-state index contributed by atoms with van der Waals surface area (Å²) >= 11 is 0. The first kappa shape index (κ1) is 36.7. The molecule has 0 saturated heterocycles. The third-order valence-electron chi connectivity index (χ3n) is 13.2. The van der Waals surface area contributed by atoms with E-state index < -0.39 is 5.41 Å². The van der Waals surface area contributed by atoms with Gasteiger partial charge in [0.15, 0.2) is 0 Å². The molecule has 0 aliphatic heterocycles. The van der Waals surface area contributed by atoms with Crippen molar-refractivity contribution in [1.82, 2.24) is 0 Å². The van der Waals surface area contributed by atoms with Gasteiger partial charge in [0.25, 0.3) is 0 Å². The summed E-state index contributed by atoms with van der Waals surface area (Å²) in [6.07, 6.45) is 2.21. The van der Waals surface area contributed by atoms with E-state index in [0.717, 1.165) is 47.0 Å². The summed E-state index contributed by atoms with van der Waals surface area (Å²) in [5, 5.41) is 0. The summed E-state index contributed by atoms with van der Waals surface area (Å²) in [7, 11) is 0. The van der Waals surface area contributed by atoms with E-state index >= 15 is 0 Å². The van der Waals surface area contributed by atoms with Gasteiger partial charge < -0.3 is 9.80 Å². The van der Waals surface area contributed by atoms with Crippen molar-refractivity contribution in [1.29, 1.82) is 0 Å². The smallest absolute Gasteiger partial charge is 0.0726 e. The van der Waals surface area contributed by atoms with Crippen LogP contribution in [0.4, 0.5) is 34.1 Å². The molecule has 0 heterocycles. The molecule has 0 fully saturated rings. The van der Waals surface area contributed by atoms with Gasteiger partial charge in [-0.25, -0.2) is 0 Å². The Labute approximate surface area is 350 Å². The van der Waals surface area contributed by atoms with Crippen LogP contribution in [0.3, 0.4) is 0 Å². The Bertz CT molecular complexity index is 2670. The van der Waals surface area contributed by atoms with Gasteiger partial charge in [0, 0.05) is 34.1 Å². The molecule has 8 aromatic rings. The fourth-order valence-corrected chi connectivity index (χ4v) is 9.81. The van der Waals surface area contributed by atoms with Gasteiger partial charge in [-0.2, -0.15) is 0 Å². The zero-order chi connectivity index (χ0) is 40.1. The number of anilines is 6. The summed E-state index contributed by atoms with van der Waals surface area (Å²) < 4.78 is 0. The average Bonchev–Trinajstić information content (AvgIpc) is 3.76. The molecule has 2 aliphatic rings. The van der Waals surface area contributed by atoms with Crippen molar-refractivity contribution < 1.29 is 0 Å². The van der Waals surface area contributed by atoms with Crippen molar-refractivity contribution in [3.8, 4) is 22.3 Å². The van der Waals surface area contributed by atoms with Crippen molar-refractivity contribution in [2.24, 2.45) is 0 Å². The van der Waals surface area contributed by atoms with Crippen LogP contribution in [0.1, 0.15) is 85.8 Å². The van der Waals surface area contributed by atoms with E-state index in [0.29, 0.717) is 11.8 Å². The van der Waals surface area contributed by atoms with Crippen LogP contribution in [0.5, 0.6) is 0 Å². The molecule has 8 aromatic carbocycles. The van der Waals surface area contributed by atoms with Crippen molar-refractivity contribution >= 4 is 34.1 Å². The fourth-order valence-electron chi connectivity index (χ4n) is 9.81. The Morgan fingerprint density at radius 1 is 0.339 bits per heavy atom. The Morgan fingerprint density at radius 3 is 1.14 bits per heavy atom. The molecule has 2 atom stereocenters. The molecule has 0 bridgehead atoms. The third-order valence-corrected chi connectivity index (χ3v) is 13.2. The van der Waals surface area contributed by atoms with Gasteiger partial charge >= 0.3 is 0 Å². The Kier molecular flexibility index (Phi) is 9.29. The molecular weight excluding hydrogens is 713 g/mol. The molecule has 59 heavy (non-hydrogen) atoms. The van der Waals surface area contributed by atoms with Crippen LogP contribution in [0.15, 0.2) is 194 Å². The monoisotopic (exact) mass is 762 g/mol. The second kappa shape index (κ2) is 14.9. The van der Waals surface area contributed by atoms with Crippen LogP contribution in [0.2, 0.25) is 0 Å². The van der Waals surface area contributed by atoms with Gasteiger partial charge in [-0.05, 0) is 153 Å². The van der Waals surface area contributed by atoms with Gasteiger partial charge in [0.1, 0.15) is 0 Å². The second-order valence-electron chi connectivity index (χ2n) is 16.4. The molecule has 2 unspecified atom stereocenters. The number of rotatable bonds is 10. The highest BCUT2D eigenvalue weighted by Crippen LogP contribution is 2.64. The standard InChI is InChI=1S/C57H50N2/c1-5-39(3)41-26-33-50-51-34-27-42(40(4)6-2)37-55(51)57(54(50)36-41)53-25-17-16-24-49(53)52-35-32-48(38-56(52)57)59(45-22-14-9-15-23-45)47-30-28-46(29-31-47)58(43-18-10-7-11-19-43)44-20-12-8-13-21-44/h7-40H,5-6H2,1-4H3. The molecule has 2 aliphatic carbocycles. The van der Waals surface area contributed by atoms with Crippen molar-refractivity contribution in [3.05, 3.63) is 228 Å². The van der Waals surface area contributed by atoms with E-state index in [-0.39, 0.29) is 0 Å². The van der Waals surface area contributed by atoms with Crippen LogP contribution in [-0.2, 0) is 5.41 Å². The van der Waals surface area contributed by atoms with Crippen molar-refractivity contribution in [3.63, 3.8) is 0 Å². The van der Waals surface area contributed by atoms with Crippen LogP contribution in [0, 0.1) is 0 Å². The van der Waals surface area contributed by atoms with Crippen LogP contribution < -0.4 is 9.80 Å². The largest absolute Gasteiger partial charge is 0.311 e. The van der Waals surface area contributed by atoms with Crippen molar-refractivity contribution in [2.45, 2.75) is 57.8 Å². The molecule has 0 saturated carbocycles. The first-order valence-electron chi connectivity index (χ1n) is 21.4. The zero-order valence-corrected chi connectivity index (χ0v) is 34.4. The molecule has 0 N–H and O–H groups in total. The SMILES string of the molecule is CCC(C)c1ccc2c(c1)C1(c3ccccc3-c3ccc(N(c4ccccc4)c4ccc(N(c5ccccc5)c5ccccc5)cc4)cc31)c1cc(C(C)CC)ccc1-2. The van der Waals surface area contributed by atoms with E-state index in [2.05, 4.69) is 232 Å². The van der Waals surface area contributed by atoms with Gasteiger partial charge in [-0.1, -0.05) is 149 Å². The topological polar surface area (TPSA) is 6.48 Å². The molecule has 10 rings (SSSR count). The van der Waals surface area contributed by atoms with Crippen LogP contribution >= 0.6 is 0 Å². The minimum absolute atomic E-state index is 0.447. The summed E-state index contributed by atoms with van der Waals surface area (Å²) in [6, 6.07) is 72.3. The number of para-hydroxylation sites is 3. The van der Waals surface area contributed by atoms with Gasteiger partial charge in [-0.15, -0.1) is 0 Å². The molecule has 0 radical (unpaired) electrons. The fraction of sp³-hybridized carbons (Fsp3) is 0.158. The lowest BCUT2D eigenvalue weighted by molar-refractivity contribution is 0.719. The average molecular weight is 763 g/mol. The van der Waals surface area contributed by atoms with Crippen molar-refractivity contribution in [2.75, 3.05) is 9.80 Å². The number of hydrogen-bond acceptors (Lipinski definition) is 2. The van der Waals surface area contributed by atoms with E-state index in [1.807, 2.05) is 0 Å². The highest BCUT2D eigenvalue weighted by Gasteiger charge is 2.52. The number of benzene rings is 8. The van der Waals surface area contributed by atoms with Gasteiger partial charge in [0.2, 0.25) is 0 Å². The van der Waals surface area contributed by atoms with Gasteiger partial charge in [-0.3, -0.25) is 0 Å². The Hall–Kier alpha value is -6.64. The minimum atomic E-state index is -0.447. The molecule has 1 spiro atoms. The lowest BCUT2D eigenvalue weighted by Crippen LogP contribution is -2.26. The predicted molar refractivity (Wildman–Crippen MR) is 250 cm³/mol. The lowest BCUT2D eigenvalue weighted by atomic mass is 9.69. The summed E-state index contributed by atoms with van der Waals surface area (Å²) in [4.78, 5) is 4.75. The molecular formula is C57H50N2. The molecule has 0 aromatic heterocycles. The lowest BCUT2D eigenvalue weighted by Gasteiger charge is -2.33. The Morgan fingerprint density at radius 2 is 0.678 bits per heavy atom. The van der Waals surface area contributed by atoms with E-state index in [1.165, 1.54) is 55.6 Å². The summed E-state index contributed by atoms with van der Waals surface area (Å²) in [5.41, 5.74) is 20.0. The normalized spacial score (nSPS) is 15.5. The van der Waals surface area contributed by atoms with Crippen LogP contribution in [-0.4, -0.2) is 0 Å². The first-order chi connectivity index (χ1) is 29.0. The van der Waals surface area contributed by atoms with E-state index in [4.69, 9.17) is 0 Å². The maximum Gasteiger partial charge on any atom is 0.0726 e. The molecule has 2 nitrogen and oxygen atoms in total. The number of hydrogen-bond donors (Lipinski definition) is 0. The van der Waals surface area contributed by atoms with E-state index in [1.54, 1.807) is 0 Å². The molecule has 2 heteroatoms. The quantitative estimate of drug-likeness (QED) is 0.137. The first-order valence-corrected chi connectivity index (χ1v) is 21.4. The minimum Gasteiger partial charge on any atom is -0.311 e. The maximum atomic E-state index is 2.56. The number of nitrogens with zero attached hydrogens (tertiary/aromatic N) is 2. The second-order valence-corrected chi connectivity index (χ2v) is 16.4. The summed E-state index contributed by atoms with van der Waals surface area (Å²) in [6.45, 7) is 9.35. The maximum absolute atomic E-state index is 2.56. The summed E-state index contributed by atoms with van der Waals surface area (Å²) in [5.74, 6) is 0.936. The van der Waals surface area contributed by atoms with Gasteiger partial charge in [0.05, 0.1) is 5.41 Å². The van der Waals surface area contributed by atoms with Crippen LogP contribution in [0.25, 0.3) is 22.3 Å². The Balaban J connectivity index is 1.18. The molecule has 288 valence electrons. The highest BCUT2D eigenvalue weighted by atomic mass is 15.2. The number of fused-ring (bicyclic) bond motifs is 10. The zero-order valence-electron chi connectivity index (χ0n) is 34.4. The third kappa shape index (κ3) is 5.92. The highest BCUT2D eigenvalue weighted by molar-refractivity contribution is 5.96. The molecule has 0 amide bonds.